The topological polar surface area (TPSA) is 17.1 Å². The third-order valence-corrected chi connectivity index (χ3v) is 3.80. The normalized spacial score (nSPS) is 12.4. The van der Waals surface area contributed by atoms with Crippen molar-refractivity contribution in [2.24, 2.45) is 5.92 Å². The van der Waals surface area contributed by atoms with Crippen molar-refractivity contribution >= 4 is 16.9 Å². The molecule has 0 saturated heterocycles. The van der Waals surface area contributed by atoms with Crippen LogP contribution in [0.4, 0.5) is 0 Å². The molecule has 0 aliphatic carbocycles. The van der Waals surface area contributed by atoms with Crippen LogP contribution < -0.4 is 0 Å². The summed E-state index contributed by atoms with van der Waals surface area (Å²) in [5.74, 6) is 1.44. The molecule has 1 aromatic rings. The first kappa shape index (κ1) is 14.3. The van der Waals surface area contributed by atoms with Gasteiger partial charge in [-0.3, -0.25) is 4.79 Å². The number of carbonyl (C=O) groups is 1. The zero-order chi connectivity index (χ0) is 12.5. The van der Waals surface area contributed by atoms with E-state index in [1.807, 2.05) is 13.0 Å². The van der Waals surface area contributed by atoms with Gasteiger partial charge in [0.25, 0.3) is 0 Å². The average molecular weight is 250 g/mol. The molecule has 0 radical (unpaired) electrons. The van der Waals surface area contributed by atoms with Gasteiger partial charge in [0.2, 0.25) is 0 Å². The third-order valence-electron chi connectivity index (χ3n) is 3.02. The molecule has 1 aromatic carbocycles. The summed E-state index contributed by atoms with van der Waals surface area (Å²) in [4.78, 5) is 11.6. The second-order valence-corrected chi connectivity index (χ2v) is 5.63. The smallest absolute Gasteiger partial charge is 0.189 e. The molecule has 0 heterocycles. The monoisotopic (exact) mass is 250 g/mol. The minimum atomic E-state index is 0.354. The number of aryl methyl sites for hydroxylation is 1. The Morgan fingerprint density at radius 3 is 2.53 bits per heavy atom. The highest BCUT2D eigenvalue weighted by Gasteiger charge is 2.12. The lowest BCUT2D eigenvalue weighted by molar-refractivity contribution is -0.111. The molecule has 0 aliphatic rings. The Morgan fingerprint density at radius 1 is 1.24 bits per heavy atom. The van der Waals surface area contributed by atoms with Gasteiger partial charge in [0, 0.05) is 6.42 Å². The van der Waals surface area contributed by atoms with E-state index in [2.05, 4.69) is 31.2 Å². The SMILES string of the molecule is CCSC(=O)C[C@H](CC)CCc1ccccc1. The van der Waals surface area contributed by atoms with Gasteiger partial charge in [-0.2, -0.15) is 0 Å². The lowest BCUT2D eigenvalue weighted by Crippen LogP contribution is -2.06. The zero-order valence-corrected chi connectivity index (χ0v) is 11.6. The molecule has 0 saturated carbocycles. The number of rotatable bonds is 7. The molecule has 94 valence electrons. The Hall–Kier alpha value is -0.760. The molecule has 0 aromatic heterocycles. The lowest BCUT2D eigenvalue weighted by Gasteiger charge is -2.13. The summed E-state index contributed by atoms with van der Waals surface area (Å²) in [7, 11) is 0. The minimum absolute atomic E-state index is 0.354. The van der Waals surface area contributed by atoms with E-state index in [1.165, 1.54) is 17.3 Å². The summed E-state index contributed by atoms with van der Waals surface area (Å²) in [6, 6.07) is 10.5. The van der Waals surface area contributed by atoms with Crippen LogP contribution in [-0.2, 0) is 11.2 Å². The molecule has 0 bridgehead atoms. The molecule has 0 aliphatic heterocycles. The van der Waals surface area contributed by atoms with E-state index in [0.29, 0.717) is 11.0 Å². The lowest BCUT2D eigenvalue weighted by atomic mass is 9.95. The fraction of sp³-hybridized carbons (Fsp3) is 0.533. The van der Waals surface area contributed by atoms with Gasteiger partial charge < -0.3 is 0 Å². The number of hydrogen-bond acceptors (Lipinski definition) is 2. The predicted molar refractivity (Wildman–Crippen MR) is 76.3 cm³/mol. The van der Waals surface area contributed by atoms with Crippen LogP contribution in [0.3, 0.4) is 0 Å². The Kier molecular flexibility index (Phi) is 7.02. The second-order valence-electron chi connectivity index (χ2n) is 4.31. The maximum atomic E-state index is 11.6. The predicted octanol–water partition coefficient (Wildman–Crippen LogP) is 4.32. The van der Waals surface area contributed by atoms with Crippen LogP contribution >= 0.6 is 11.8 Å². The van der Waals surface area contributed by atoms with E-state index in [9.17, 15) is 4.79 Å². The van der Waals surface area contributed by atoms with E-state index < -0.39 is 0 Å². The third kappa shape index (κ3) is 5.92. The highest BCUT2D eigenvalue weighted by Crippen LogP contribution is 2.20. The number of benzene rings is 1. The fourth-order valence-electron chi connectivity index (χ4n) is 1.92. The van der Waals surface area contributed by atoms with Crippen LogP contribution in [0.15, 0.2) is 30.3 Å². The van der Waals surface area contributed by atoms with Crippen LogP contribution in [0.25, 0.3) is 0 Å². The standard InChI is InChI=1S/C15H22OS/c1-3-13(12-15(16)17-4-2)10-11-14-8-6-5-7-9-14/h5-9,13H,3-4,10-12H2,1-2H3/t13-/m1/s1. The van der Waals surface area contributed by atoms with Crippen molar-refractivity contribution in [3.8, 4) is 0 Å². The van der Waals surface area contributed by atoms with Crippen LogP contribution in [0.2, 0.25) is 0 Å². The highest BCUT2D eigenvalue weighted by molar-refractivity contribution is 8.13. The first-order chi connectivity index (χ1) is 8.26. The van der Waals surface area contributed by atoms with Crippen molar-refractivity contribution in [2.75, 3.05) is 5.75 Å². The quantitative estimate of drug-likeness (QED) is 0.717. The van der Waals surface area contributed by atoms with Gasteiger partial charge in [0.05, 0.1) is 0 Å². The van der Waals surface area contributed by atoms with Crippen LogP contribution in [0.1, 0.15) is 38.7 Å². The molecule has 0 spiro atoms. The number of carbonyl (C=O) groups excluding carboxylic acids is 1. The molecule has 0 amide bonds. The second kappa shape index (κ2) is 8.35. The van der Waals surface area contributed by atoms with Gasteiger partial charge in [-0.05, 0) is 30.1 Å². The maximum absolute atomic E-state index is 11.6. The molecule has 17 heavy (non-hydrogen) atoms. The first-order valence-electron chi connectivity index (χ1n) is 6.45. The molecule has 1 nitrogen and oxygen atoms in total. The Labute approximate surface area is 109 Å². The van der Waals surface area contributed by atoms with Crippen LogP contribution in [0, 0.1) is 5.92 Å². The molecular weight excluding hydrogens is 228 g/mol. The molecule has 1 atom stereocenters. The summed E-state index contributed by atoms with van der Waals surface area (Å²) in [5.41, 5.74) is 1.38. The Bertz CT molecular complexity index is 321. The van der Waals surface area contributed by atoms with Crippen molar-refractivity contribution in [3.05, 3.63) is 35.9 Å². The molecule has 1 rings (SSSR count). The van der Waals surface area contributed by atoms with E-state index in [4.69, 9.17) is 0 Å². The molecule has 0 fully saturated rings. The van der Waals surface area contributed by atoms with E-state index in [-0.39, 0.29) is 0 Å². The highest BCUT2D eigenvalue weighted by atomic mass is 32.2. The largest absolute Gasteiger partial charge is 0.287 e. The Morgan fingerprint density at radius 2 is 1.94 bits per heavy atom. The molecule has 0 N–H and O–H groups in total. The summed E-state index contributed by atoms with van der Waals surface area (Å²) >= 11 is 1.46. The number of thioether (sulfide) groups is 1. The van der Waals surface area contributed by atoms with Crippen LogP contribution in [-0.4, -0.2) is 10.9 Å². The number of hydrogen-bond donors (Lipinski definition) is 0. The van der Waals surface area contributed by atoms with E-state index >= 15 is 0 Å². The summed E-state index contributed by atoms with van der Waals surface area (Å²) < 4.78 is 0. The first-order valence-corrected chi connectivity index (χ1v) is 7.44. The zero-order valence-electron chi connectivity index (χ0n) is 10.8. The molecular formula is C15H22OS. The van der Waals surface area contributed by atoms with Gasteiger partial charge in [0.1, 0.15) is 0 Å². The van der Waals surface area contributed by atoms with Crippen molar-refractivity contribution < 1.29 is 4.79 Å². The maximum Gasteiger partial charge on any atom is 0.189 e. The molecule has 0 unspecified atom stereocenters. The molecule has 2 heteroatoms. The van der Waals surface area contributed by atoms with Gasteiger partial charge in [0.15, 0.2) is 5.12 Å². The summed E-state index contributed by atoms with van der Waals surface area (Å²) in [5, 5.41) is 0.354. The van der Waals surface area contributed by atoms with Crippen molar-refractivity contribution in [3.63, 3.8) is 0 Å². The van der Waals surface area contributed by atoms with Gasteiger partial charge in [-0.25, -0.2) is 0 Å². The minimum Gasteiger partial charge on any atom is -0.287 e. The van der Waals surface area contributed by atoms with E-state index in [0.717, 1.165) is 31.4 Å². The average Bonchev–Trinajstić information content (AvgIpc) is 2.36. The summed E-state index contributed by atoms with van der Waals surface area (Å²) in [6.45, 7) is 4.22. The van der Waals surface area contributed by atoms with Gasteiger partial charge in [-0.15, -0.1) is 0 Å². The fourth-order valence-corrected chi connectivity index (χ4v) is 2.60. The van der Waals surface area contributed by atoms with Gasteiger partial charge >= 0.3 is 0 Å². The van der Waals surface area contributed by atoms with Crippen molar-refractivity contribution in [1.29, 1.82) is 0 Å². The van der Waals surface area contributed by atoms with Gasteiger partial charge in [-0.1, -0.05) is 62.4 Å². The summed E-state index contributed by atoms with van der Waals surface area (Å²) in [6.07, 6.45) is 4.05. The van der Waals surface area contributed by atoms with Crippen molar-refractivity contribution in [2.45, 2.75) is 39.5 Å². The van der Waals surface area contributed by atoms with E-state index in [1.54, 1.807) is 0 Å². The Balaban J connectivity index is 2.34. The van der Waals surface area contributed by atoms with Crippen LogP contribution in [0.5, 0.6) is 0 Å². The van der Waals surface area contributed by atoms with Crippen molar-refractivity contribution in [1.82, 2.24) is 0 Å².